The number of carboxylic acids is 1. The van der Waals surface area contributed by atoms with Crippen molar-refractivity contribution in [3.63, 3.8) is 0 Å². The van der Waals surface area contributed by atoms with Crippen LogP contribution in [0.5, 0.6) is 0 Å². The Kier molecular flexibility index (Phi) is 3.79. The first-order valence-electron chi connectivity index (χ1n) is 5.76. The van der Waals surface area contributed by atoms with Crippen molar-refractivity contribution in [2.24, 2.45) is 0 Å². The number of rotatable bonds is 5. The van der Waals surface area contributed by atoms with E-state index in [2.05, 4.69) is 12.2 Å². The lowest BCUT2D eigenvalue weighted by molar-refractivity contribution is 0.0660. The first-order valence-corrected chi connectivity index (χ1v) is 6.74. The predicted octanol–water partition coefficient (Wildman–Crippen LogP) is 2.35. The van der Waals surface area contributed by atoms with Crippen LogP contribution in [0.4, 0.5) is 0 Å². The molecule has 1 atom stereocenters. The quantitative estimate of drug-likeness (QED) is 0.845. The van der Waals surface area contributed by atoms with Gasteiger partial charge in [0.25, 0.3) is 0 Å². The molecule has 17 heavy (non-hydrogen) atoms. The molecule has 0 bridgehead atoms. The van der Waals surface area contributed by atoms with E-state index in [9.17, 15) is 4.79 Å². The van der Waals surface area contributed by atoms with Crippen LogP contribution in [-0.4, -0.2) is 28.1 Å². The molecule has 0 spiro atoms. The zero-order valence-electron chi connectivity index (χ0n) is 9.86. The van der Waals surface area contributed by atoms with Gasteiger partial charge in [-0.3, -0.25) is 0 Å². The minimum Gasteiger partial charge on any atom is -0.475 e. The fourth-order valence-electron chi connectivity index (χ4n) is 2.01. The molecule has 1 aliphatic rings. The highest BCUT2D eigenvalue weighted by atomic mass is 32.2. The number of carbonyl (C=O) groups is 1. The van der Waals surface area contributed by atoms with Gasteiger partial charge in [-0.2, -0.15) is 11.8 Å². The van der Waals surface area contributed by atoms with Crippen LogP contribution < -0.4 is 5.32 Å². The van der Waals surface area contributed by atoms with Crippen molar-refractivity contribution in [2.75, 3.05) is 12.3 Å². The Bertz CT molecular complexity index is 396. The number of hydrogen-bond donors (Lipinski definition) is 2. The van der Waals surface area contributed by atoms with E-state index < -0.39 is 5.97 Å². The lowest BCUT2D eigenvalue weighted by atomic mass is 10.1. The van der Waals surface area contributed by atoms with Crippen LogP contribution in [0.15, 0.2) is 16.5 Å². The molecule has 0 aromatic carbocycles. The van der Waals surface area contributed by atoms with Gasteiger partial charge >= 0.3 is 5.97 Å². The monoisotopic (exact) mass is 255 g/mol. The summed E-state index contributed by atoms with van der Waals surface area (Å²) >= 11 is 2.00. The Morgan fingerprint density at radius 2 is 2.47 bits per heavy atom. The summed E-state index contributed by atoms with van der Waals surface area (Å²) in [6, 6.07) is 3.20. The molecule has 0 aliphatic carbocycles. The first-order chi connectivity index (χ1) is 8.09. The van der Waals surface area contributed by atoms with E-state index in [1.54, 1.807) is 6.07 Å². The van der Waals surface area contributed by atoms with Gasteiger partial charge in [-0.15, -0.1) is 0 Å². The second-order valence-electron chi connectivity index (χ2n) is 4.58. The van der Waals surface area contributed by atoms with E-state index in [4.69, 9.17) is 9.52 Å². The molecule has 2 heterocycles. The van der Waals surface area contributed by atoms with E-state index in [-0.39, 0.29) is 5.76 Å². The molecule has 1 saturated heterocycles. The second kappa shape index (κ2) is 5.14. The van der Waals surface area contributed by atoms with Crippen molar-refractivity contribution >= 4 is 17.7 Å². The highest BCUT2D eigenvalue weighted by molar-refractivity contribution is 8.00. The average molecular weight is 255 g/mol. The van der Waals surface area contributed by atoms with Crippen molar-refractivity contribution in [2.45, 2.75) is 31.1 Å². The van der Waals surface area contributed by atoms with Crippen LogP contribution in [0, 0.1) is 0 Å². The molecule has 1 aromatic rings. The molecular formula is C12H17NO3S. The second-order valence-corrected chi connectivity index (χ2v) is 6.26. The fourth-order valence-corrected chi connectivity index (χ4v) is 3.29. The summed E-state index contributed by atoms with van der Waals surface area (Å²) in [4.78, 5) is 10.6. The Morgan fingerprint density at radius 3 is 3.06 bits per heavy atom. The van der Waals surface area contributed by atoms with E-state index in [0.29, 0.717) is 17.1 Å². The SMILES string of the molecule is CC1(CNCc2ccc(C(=O)O)o2)CCCS1. The molecule has 2 rings (SSSR count). The predicted molar refractivity (Wildman–Crippen MR) is 67.5 cm³/mol. The van der Waals surface area contributed by atoms with Gasteiger partial charge in [-0.05, 0) is 37.7 Å². The summed E-state index contributed by atoms with van der Waals surface area (Å²) in [7, 11) is 0. The highest BCUT2D eigenvalue weighted by Gasteiger charge is 2.28. The summed E-state index contributed by atoms with van der Waals surface area (Å²) in [5.74, 6) is 0.897. The molecule has 2 N–H and O–H groups in total. The third-order valence-corrected chi connectivity index (χ3v) is 4.51. The van der Waals surface area contributed by atoms with Crippen LogP contribution in [0.2, 0.25) is 0 Å². The lowest BCUT2D eigenvalue weighted by Gasteiger charge is -2.22. The summed E-state index contributed by atoms with van der Waals surface area (Å²) in [6.07, 6.45) is 2.52. The number of hydrogen-bond acceptors (Lipinski definition) is 4. The van der Waals surface area contributed by atoms with Crippen LogP contribution in [0.3, 0.4) is 0 Å². The summed E-state index contributed by atoms with van der Waals surface area (Å²) in [5.41, 5.74) is 0. The van der Waals surface area contributed by atoms with Gasteiger partial charge < -0.3 is 14.8 Å². The molecule has 0 radical (unpaired) electrons. The molecule has 5 heteroatoms. The minimum absolute atomic E-state index is 0.00301. The zero-order chi connectivity index (χ0) is 12.3. The summed E-state index contributed by atoms with van der Waals surface area (Å²) in [5, 5.41) is 12.0. The van der Waals surface area contributed by atoms with Crippen molar-refractivity contribution in [1.82, 2.24) is 5.32 Å². The largest absolute Gasteiger partial charge is 0.475 e. The number of thioether (sulfide) groups is 1. The Morgan fingerprint density at radius 1 is 1.65 bits per heavy atom. The standard InChI is InChI=1S/C12H17NO3S/c1-12(5-2-6-17-12)8-13-7-9-3-4-10(16-9)11(14)15/h3-4,13H,2,5-8H2,1H3,(H,14,15). The maximum atomic E-state index is 10.6. The number of carboxylic acid groups (broad SMARTS) is 1. The van der Waals surface area contributed by atoms with Gasteiger partial charge in [0, 0.05) is 11.3 Å². The Balaban J connectivity index is 1.79. The molecular weight excluding hydrogens is 238 g/mol. The van der Waals surface area contributed by atoms with E-state index in [1.807, 2.05) is 11.8 Å². The minimum atomic E-state index is -1.02. The molecule has 1 aromatic heterocycles. The van der Waals surface area contributed by atoms with Crippen molar-refractivity contribution < 1.29 is 14.3 Å². The smallest absolute Gasteiger partial charge is 0.371 e. The van der Waals surface area contributed by atoms with E-state index in [1.165, 1.54) is 24.7 Å². The van der Waals surface area contributed by atoms with Crippen molar-refractivity contribution in [3.8, 4) is 0 Å². The highest BCUT2D eigenvalue weighted by Crippen LogP contribution is 2.36. The van der Waals surface area contributed by atoms with Gasteiger partial charge in [0.1, 0.15) is 5.76 Å². The molecule has 4 nitrogen and oxygen atoms in total. The molecule has 0 amide bonds. The van der Waals surface area contributed by atoms with Crippen molar-refractivity contribution in [1.29, 1.82) is 0 Å². The average Bonchev–Trinajstić information content (AvgIpc) is 2.88. The van der Waals surface area contributed by atoms with Crippen molar-refractivity contribution in [3.05, 3.63) is 23.7 Å². The molecule has 0 saturated carbocycles. The first kappa shape index (κ1) is 12.5. The van der Waals surface area contributed by atoms with Crippen LogP contribution >= 0.6 is 11.8 Å². The van der Waals surface area contributed by atoms with Gasteiger partial charge in [-0.1, -0.05) is 0 Å². The van der Waals surface area contributed by atoms with E-state index >= 15 is 0 Å². The topological polar surface area (TPSA) is 62.5 Å². The summed E-state index contributed by atoms with van der Waals surface area (Å²) in [6.45, 7) is 3.78. The summed E-state index contributed by atoms with van der Waals surface area (Å²) < 4.78 is 5.50. The van der Waals surface area contributed by atoms with Gasteiger partial charge in [0.15, 0.2) is 0 Å². The molecule has 1 fully saturated rings. The van der Waals surface area contributed by atoms with Crippen LogP contribution in [0.25, 0.3) is 0 Å². The number of nitrogens with one attached hydrogen (secondary N) is 1. The third-order valence-electron chi connectivity index (χ3n) is 2.97. The molecule has 94 valence electrons. The Hall–Kier alpha value is -0.940. The van der Waals surface area contributed by atoms with Gasteiger partial charge in [0.2, 0.25) is 5.76 Å². The van der Waals surface area contributed by atoms with Crippen LogP contribution in [-0.2, 0) is 6.54 Å². The fraction of sp³-hybridized carbons (Fsp3) is 0.583. The van der Waals surface area contributed by atoms with Gasteiger partial charge in [0.05, 0.1) is 6.54 Å². The number of aromatic carboxylic acids is 1. The maximum absolute atomic E-state index is 10.6. The van der Waals surface area contributed by atoms with E-state index in [0.717, 1.165) is 6.54 Å². The molecule has 1 aliphatic heterocycles. The van der Waals surface area contributed by atoms with Crippen LogP contribution in [0.1, 0.15) is 36.1 Å². The Labute approximate surface area is 105 Å². The maximum Gasteiger partial charge on any atom is 0.371 e. The third kappa shape index (κ3) is 3.26. The molecule has 1 unspecified atom stereocenters. The normalized spacial score (nSPS) is 24.1. The lowest BCUT2D eigenvalue weighted by Crippen LogP contribution is -2.32. The number of furan rings is 1. The zero-order valence-corrected chi connectivity index (χ0v) is 10.7. The van der Waals surface area contributed by atoms with Gasteiger partial charge in [-0.25, -0.2) is 4.79 Å².